The summed E-state index contributed by atoms with van der Waals surface area (Å²) in [5.41, 5.74) is -16.9. The molecule has 36 heteroatoms. The zero-order valence-electron chi connectivity index (χ0n) is 43.6. The summed E-state index contributed by atoms with van der Waals surface area (Å²) in [6.07, 6.45) is -26.6. The Morgan fingerprint density at radius 3 is 0.954 bits per heavy atom. The minimum Gasteiger partial charge on any atom is -0.457 e. The lowest BCUT2D eigenvalue weighted by molar-refractivity contribution is -0.144. The Morgan fingerprint density at radius 2 is 0.701 bits per heavy atom. The number of halogens is 21. The smallest absolute Gasteiger partial charge is 0.457 e. The number of aromatic nitrogens is 4. The molecule has 8 rings (SSSR count). The van der Waals surface area contributed by atoms with Gasteiger partial charge in [-0.25, -0.2) is 19.9 Å². The molecular formula is C51H41F21N8O6S. The molecule has 0 atom stereocenters. The Morgan fingerprint density at radius 1 is 0.425 bits per heavy atom. The van der Waals surface area contributed by atoms with Crippen LogP contribution in [0.4, 0.5) is 115 Å². The molecule has 0 radical (unpaired) electrons. The molecule has 2 fully saturated rings. The fraction of sp³-hybridized carbons (Fsp3) is 0.373. The largest absolute Gasteiger partial charge is 0.522 e. The summed E-state index contributed by atoms with van der Waals surface area (Å²) in [6.45, 7) is -1.18. The van der Waals surface area contributed by atoms with E-state index in [-0.39, 0.29) is 38.6 Å². The molecule has 6 aromatic rings. The van der Waals surface area contributed by atoms with Crippen molar-refractivity contribution in [3.63, 3.8) is 0 Å². The second kappa shape index (κ2) is 25.6. The number of hydrogen-bond acceptors (Lipinski definition) is 13. The quantitative estimate of drug-likeness (QED) is 0.0627. The van der Waals surface area contributed by atoms with Crippen molar-refractivity contribution >= 4 is 33.4 Å². The van der Waals surface area contributed by atoms with E-state index in [9.17, 15) is 92.2 Å². The first kappa shape index (κ1) is 66.9. The summed E-state index contributed by atoms with van der Waals surface area (Å²) < 4.78 is 331. The number of morpholine rings is 2. The van der Waals surface area contributed by atoms with Gasteiger partial charge in [-0.2, -0.15) is 101 Å². The zero-order chi connectivity index (χ0) is 64.3. The van der Waals surface area contributed by atoms with Crippen LogP contribution in [0.5, 0.6) is 11.5 Å². The van der Waals surface area contributed by atoms with Gasteiger partial charge >= 0.3 is 52.7 Å². The van der Waals surface area contributed by atoms with E-state index in [0.29, 0.717) is 86.1 Å². The number of ether oxygens (including phenoxy) is 3. The van der Waals surface area contributed by atoms with E-state index in [1.807, 2.05) is 0 Å². The second-order valence-electron chi connectivity index (χ2n) is 18.9. The van der Waals surface area contributed by atoms with Gasteiger partial charge < -0.3 is 33.8 Å². The normalized spacial score (nSPS) is 15.0. The van der Waals surface area contributed by atoms with E-state index in [0.717, 1.165) is 21.9 Å². The van der Waals surface area contributed by atoms with E-state index in [1.54, 1.807) is 9.80 Å². The SMILES string of the molecule is FC(F)(F)c1cc(CN(Cc2cc(C(F)(F)F)ccc2Oc2ccc(C(F)(F)F)cc2CN(Cc2cc(C(F)(F)F)cc(C(F)(F)F)c2)c2ncc(N3CCOCC3)cn2)c2ncc(N3CCOCC3)cn2)cc(C(F)(F)F)c1.O=S(=O)(O)C(F)(F)F. The predicted molar refractivity (Wildman–Crippen MR) is 263 cm³/mol. The van der Waals surface area contributed by atoms with Crippen molar-refractivity contribution in [2.45, 2.75) is 68.7 Å². The Balaban J connectivity index is 0.00000126. The number of rotatable bonds is 14. The Labute approximate surface area is 477 Å². The van der Waals surface area contributed by atoms with Crippen molar-refractivity contribution < 1.29 is 119 Å². The molecule has 0 unspecified atom stereocenters. The maximum absolute atomic E-state index is 14.5. The van der Waals surface area contributed by atoms with Crippen LogP contribution < -0.4 is 24.3 Å². The molecule has 1 N–H and O–H groups in total. The monoisotopic (exact) mass is 1290 g/mol. The van der Waals surface area contributed by atoms with Gasteiger partial charge in [0.1, 0.15) is 11.5 Å². The third-order valence-corrected chi connectivity index (χ3v) is 13.2. The first-order valence-electron chi connectivity index (χ1n) is 24.6. The molecule has 0 bridgehead atoms. The van der Waals surface area contributed by atoms with Crippen LogP contribution in [0.25, 0.3) is 0 Å². The summed E-state index contributed by atoms with van der Waals surface area (Å²) in [5.74, 6) is -2.09. The van der Waals surface area contributed by atoms with E-state index in [2.05, 4.69) is 19.9 Å². The molecule has 2 saturated heterocycles. The fourth-order valence-electron chi connectivity index (χ4n) is 8.47. The van der Waals surface area contributed by atoms with Crippen molar-refractivity contribution in [1.29, 1.82) is 0 Å². The van der Waals surface area contributed by atoms with Crippen molar-refractivity contribution in [2.75, 3.05) is 72.2 Å². The lowest BCUT2D eigenvalue weighted by Gasteiger charge is -2.29. The molecule has 2 aliphatic rings. The van der Waals surface area contributed by atoms with Gasteiger partial charge in [0.2, 0.25) is 11.9 Å². The number of hydrogen-bond donors (Lipinski definition) is 1. The summed E-state index contributed by atoms with van der Waals surface area (Å²) in [5, 5.41) is 0. The number of benzene rings is 4. The Hall–Kier alpha value is -7.60. The number of anilines is 4. The van der Waals surface area contributed by atoms with E-state index in [1.165, 1.54) is 24.8 Å². The van der Waals surface area contributed by atoms with Gasteiger partial charge in [-0.05, 0) is 83.9 Å². The topological polar surface area (TPSA) is 147 Å². The molecule has 87 heavy (non-hydrogen) atoms. The van der Waals surface area contributed by atoms with Crippen LogP contribution in [-0.4, -0.2) is 91.0 Å². The highest BCUT2D eigenvalue weighted by molar-refractivity contribution is 7.86. The molecule has 4 heterocycles. The lowest BCUT2D eigenvalue weighted by atomic mass is 10.0. The van der Waals surface area contributed by atoms with Gasteiger partial charge in [0.25, 0.3) is 0 Å². The third-order valence-electron chi connectivity index (χ3n) is 12.6. The minimum absolute atomic E-state index is 0.144. The first-order valence-corrected chi connectivity index (χ1v) is 26.1. The molecule has 2 aromatic heterocycles. The van der Waals surface area contributed by atoms with Crippen LogP contribution in [0.3, 0.4) is 0 Å². The molecule has 4 aromatic carbocycles. The average molecular weight is 1290 g/mol. The molecule has 0 spiro atoms. The molecule has 0 amide bonds. The highest BCUT2D eigenvalue weighted by Crippen LogP contribution is 2.42. The maximum atomic E-state index is 14.5. The maximum Gasteiger partial charge on any atom is 0.522 e. The van der Waals surface area contributed by atoms with Gasteiger partial charge in [0.15, 0.2) is 0 Å². The summed E-state index contributed by atoms with van der Waals surface area (Å²) in [6, 6.07) is 4.60. The van der Waals surface area contributed by atoms with Crippen LogP contribution in [0, 0.1) is 0 Å². The van der Waals surface area contributed by atoms with Crippen LogP contribution in [0.15, 0.2) is 97.6 Å². The summed E-state index contributed by atoms with van der Waals surface area (Å²) in [7, 11) is -5.84. The summed E-state index contributed by atoms with van der Waals surface area (Å²) in [4.78, 5) is 22.4. The number of alkyl halides is 21. The van der Waals surface area contributed by atoms with E-state index >= 15 is 0 Å². The lowest BCUT2D eigenvalue weighted by Crippen LogP contribution is -2.36. The third kappa shape index (κ3) is 18.0. The van der Waals surface area contributed by atoms with Crippen molar-refractivity contribution in [3.05, 3.63) is 153 Å². The molecule has 0 saturated carbocycles. The van der Waals surface area contributed by atoms with Crippen molar-refractivity contribution in [3.8, 4) is 11.5 Å². The van der Waals surface area contributed by atoms with Crippen LogP contribution >= 0.6 is 0 Å². The van der Waals surface area contributed by atoms with Crippen LogP contribution in [0.2, 0.25) is 0 Å². The highest BCUT2D eigenvalue weighted by atomic mass is 32.2. The molecule has 474 valence electrons. The van der Waals surface area contributed by atoms with Gasteiger partial charge in [0.05, 0.1) is 96.0 Å². The highest BCUT2D eigenvalue weighted by Gasteiger charge is 2.45. The van der Waals surface area contributed by atoms with Gasteiger partial charge in [-0.1, -0.05) is 0 Å². The molecule has 0 aliphatic carbocycles. The van der Waals surface area contributed by atoms with Crippen LogP contribution in [-0.2, 0) is 82.8 Å². The average Bonchev–Trinajstić information content (AvgIpc) is 1.27. The summed E-state index contributed by atoms with van der Waals surface area (Å²) >= 11 is 0. The van der Waals surface area contributed by atoms with Crippen molar-refractivity contribution in [1.82, 2.24) is 19.9 Å². The standard InChI is InChI=1S/C50H40F18N8O3.CHF3O3S/c51-45(52,53)33-1-3-41(31(17-33)27-75(43-69-21-39(22-70-43)73-5-9-77-10-6-73)25-29-13-35(47(57,58)59)19-36(14-29)48(60,61)62)79-42-4-2-34(46(54,55)56)18-32(42)28-76(44-71-23-40(24-72-44)74-7-11-78-12-8-74)26-30-15-37(49(63,64)65)20-38(16-30)50(66,67)68;2-1(3,4)8(5,6)7/h1-4,13-24H,5-12,25-28H2;(H,5,6,7). The predicted octanol–water partition coefficient (Wildman–Crippen LogP) is 13.7. The minimum atomic E-state index is -5.84. The van der Waals surface area contributed by atoms with E-state index < -0.39 is 158 Å². The fourth-order valence-corrected chi connectivity index (χ4v) is 8.47. The Bertz CT molecular complexity index is 3170. The van der Waals surface area contributed by atoms with Crippen molar-refractivity contribution in [2.24, 2.45) is 0 Å². The second-order valence-corrected chi connectivity index (χ2v) is 20.3. The van der Waals surface area contributed by atoms with Gasteiger partial charge in [-0.3, -0.25) is 4.55 Å². The molecule has 2 aliphatic heterocycles. The van der Waals surface area contributed by atoms with Gasteiger partial charge in [0, 0.05) is 63.5 Å². The Kier molecular flexibility index (Phi) is 19.7. The molecule has 14 nitrogen and oxygen atoms in total. The van der Waals surface area contributed by atoms with Gasteiger partial charge in [-0.15, -0.1) is 0 Å². The molecular weight excluding hydrogens is 1250 g/mol. The van der Waals surface area contributed by atoms with E-state index in [4.69, 9.17) is 27.2 Å². The first-order chi connectivity index (χ1) is 40.1. The van der Waals surface area contributed by atoms with Crippen LogP contribution in [0.1, 0.15) is 55.6 Å². The zero-order valence-corrected chi connectivity index (χ0v) is 44.5. The number of nitrogens with zero attached hydrogens (tertiary/aromatic N) is 8.